The summed E-state index contributed by atoms with van der Waals surface area (Å²) < 4.78 is 57.6. The zero-order valence-corrected chi connectivity index (χ0v) is 17.8. The number of carbonyl (C=O) groups excluding carboxylic acids is 3. The standard InChI is InChI=1S/C19H30F3NO8/c1-11-15(26)16(30-13(3)25)14(10-29-12(2)24)31-17(11)28-9-7-5-4-6-8-23-18(27)19(20,21)22/h11,14-17,26H,4-10H2,1-3H3,(H,23,27). The molecule has 0 spiro atoms. The Kier molecular flexibility index (Phi) is 11.2. The molecule has 0 radical (unpaired) electrons. The van der Waals surface area contributed by atoms with Crippen molar-refractivity contribution in [1.29, 1.82) is 0 Å². The van der Waals surface area contributed by atoms with Gasteiger partial charge in [-0.25, -0.2) is 0 Å². The van der Waals surface area contributed by atoms with E-state index in [-0.39, 0.29) is 19.8 Å². The van der Waals surface area contributed by atoms with Gasteiger partial charge in [0, 0.05) is 32.9 Å². The molecule has 0 aliphatic carbocycles. The van der Waals surface area contributed by atoms with Crippen molar-refractivity contribution in [1.82, 2.24) is 5.32 Å². The van der Waals surface area contributed by atoms with Crippen LogP contribution >= 0.6 is 0 Å². The highest BCUT2D eigenvalue weighted by Crippen LogP contribution is 2.29. The number of unbranched alkanes of at least 4 members (excludes halogenated alkanes) is 3. The van der Waals surface area contributed by atoms with Gasteiger partial charge in [0.2, 0.25) is 0 Å². The van der Waals surface area contributed by atoms with Crippen molar-refractivity contribution >= 4 is 17.8 Å². The van der Waals surface area contributed by atoms with E-state index in [4.69, 9.17) is 18.9 Å². The molecular formula is C19H30F3NO8. The monoisotopic (exact) mass is 457 g/mol. The van der Waals surface area contributed by atoms with Gasteiger partial charge in [0.15, 0.2) is 12.4 Å². The van der Waals surface area contributed by atoms with E-state index in [9.17, 15) is 32.7 Å². The molecule has 31 heavy (non-hydrogen) atoms. The number of halogens is 3. The summed E-state index contributed by atoms with van der Waals surface area (Å²) in [6, 6.07) is 0. The Bertz CT molecular complexity index is 601. The number of amides is 1. The summed E-state index contributed by atoms with van der Waals surface area (Å²) in [5.74, 6) is -3.65. The van der Waals surface area contributed by atoms with E-state index < -0.39 is 54.5 Å². The SMILES string of the molecule is CC(=O)OCC1OC(OCCCCCCNC(=O)C(F)(F)F)C(C)C(O)C1OC(C)=O. The van der Waals surface area contributed by atoms with Gasteiger partial charge in [-0.3, -0.25) is 14.4 Å². The largest absolute Gasteiger partial charge is 0.471 e. The van der Waals surface area contributed by atoms with Crippen molar-refractivity contribution in [3.05, 3.63) is 0 Å². The third-order valence-electron chi connectivity index (χ3n) is 4.63. The molecule has 0 aromatic carbocycles. The van der Waals surface area contributed by atoms with E-state index in [1.807, 2.05) is 0 Å². The molecule has 1 aliphatic rings. The number of hydrogen-bond acceptors (Lipinski definition) is 8. The molecule has 12 heteroatoms. The highest BCUT2D eigenvalue weighted by molar-refractivity contribution is 5.81. The van der Waals surface area contributed by atoms with Gasteiger partial charge < -0.3 is 29.4 Å². The van der Waals surface area contributed by atoms with Crippen LogP contribution in [0.4, 0.5) is 13.2 Å². The van der Waals surface area contributed by atoms with Crippen molar-refractivity contribution in [3.63, 3.8) is 0 Å². The Morgan fingerprint density at radius 3 is 2.29 bits per heavy atom. The first kappa shape index (κ1) is 27.1. The smallest absolute Gasteiger partial charge is 0.463 e. The number of aliphatic hydroxyl groups excluding tert-OH is 1. The van der Waals surface area contributed by atoms with E-state index in [1.165, 1.54) is 13.8 Å². The van der Waals surface area contributed by atoms with Crippen LogP contribution in [-0.4, -0.2) is 73.5 Å². The van der Waals surface area contributed by atoms with Crippen LogP contribution in [0, 0.1) is 5.92 Å². The lowest BCUT2D eigenvalue weighted by molar-refractivity contribution is -0.286. The molecule has 5 unspecified atom stereocenters. The van der Waals surface area contributed by atoms with Crippen LogP contribution in [0.2, 0.25) is 0 Å². The van der Waals surface area contributed by atoms with E-state index in [1.54, 1.807) is 12.2 Å². The van der Waals surface area contributed by atoms with Crippen molar-refractivity contribution < 1.29 is 51.6 Å². The summed E-state index contributed by atoms with van der Waals surface area (Å²) in [6.07, 6.45) is -6.50. The molecular weight excluding hydrogens is 427 g/mol. The van der Waals surface area contributed by atoms with Gasteiger partial charge in [-0.05, 0) is 12.8 Å². The highest BCUT2D eigenvalue weighted by atomic mass is 19.4. The van der Waals surface area contributed by atoms with Gasteiger partial charge >= 0.3 is 24.0 Å². The highest BCUT2D eigenvalue weighted by Gasteiger charge is 2.46. The van der Waals surface area contributed by atoms with Crippen LogP contribution in [0.5, 0.6) is 0 Å². The first-order valence-corrected chi connectivity index (χ1v) is 10.0. The Labute approximate surface area is 178 Å². The normalized spacial score (nSPS) is 26.2. The van der Waals surface area contributed by atoms with E-state index in [0.29, 0.717) is 25.7 Å². The summed E-state index contributed by atoms with van der Waals surface area (Å²) in [6.45, 7) is 4.04. The van der Waals surface area contributed by atoms with Crippen LogP contribution in [-0.2, 0) is 33.3 Å². The van der Waals surface area contributed by atoms with Gasteiger partial charge in [0.1, 0.15) is 18.8 Å². The fraction of sp³-hybridized carbons (Fsp3) is 0.842. The molecule has 0 bridgehead atoms. The van der Waals surface area contributed by atoms with Gasteiger partial charge in [-0.1, -0.05) is 19.8 Å². The first-order valence-electron chi connectivity index (χ1n) is 10.0. The minimum Gasteiger partial charge on any atom is -0.463 e. The number of rotatable bonds is 11. The average molecular weight is 457 g/mol. The Morgan fingerprint density at radius 1 is 1.06 bits per heavy atom. The number of hydrogen-bond donors (Lipinski definition) is 2. The molecule has 180 valence electrons. The molecule has 1 saturated heterocycles. The lowest BCUT2D eigenvalue weighted by atomic mass is 9.92. The molecule has 0 aromatic heterocycles. The Morgan fingerprint density at radius 2 is 1.71 bits per heavy atom. The van der Waals surface area contributed by atoms with Crippen molar-refractivity contribution in [3.8, 4) is 0 Å². The predicted molar refractivity (Wildman–Crippen MR) is 99.5 cm³/mol. The third-order valence-corrected chi connectivity index (χ3v) is 4.63. The number of esters is 2. The number of ether oxygens (including phenoxy) is 4. The van der Waals surface area contributed by atoms with Crippen LogP contribution < -0.4 is 5.32 Å². The summed E-state index contributed by atoms with van der Waals surface area (Å²) >= 11 is 0. The molecule has 1 fully saturated rings. The maximum Gasteiger partial charge on any atom is 0.471 e. The number of aliphatic hydroxyl groups is 1. The summed E-state index contributed by atoms with van der Waals surface area (Å²) in [5.41, 5.74) is 0. The van der Waals surface area contributed by atoms with Gasteiger partial charge in [0.25, 0.3) is 0 Å². The first-order chi connectivity index (χ1) is 14.4. The second-order valence-corrected chi connectivity index (χ2v) is 7.31. The van der Waals surface area contributed by atoms with Crippen LogP contribution in [0.3, 0.4) is 0 Å². The van der Waals surface area contributed by atoms with Crippen molar-refractivity contribution in [2.24, 2.45) is 5.92 Å². The maximum atomic E-state index is 12.1. The Hall–Kier alpha value is -1.92. The van der Waals surface area contributed by atoms with Gasteiger partial charge in [0.05, 0.1) is 0 Å². The molecule has 1 amide bonds. The van der Waals surface area contributed by atoms with Gasteiger partial charge in [-0.15, -0.1) is 0 Å². The maximum absolute atomic E-state index is 12.1. The van der Waals surface area contributed by atoms with E-state index in [0.717, 1.165) is 0 Å². The topological polar surface area (TPSA) is 120 Å². The van der Waals surface area contributed by atoms with Crippen molar-refractivity contribution in [2.45, 2.75) is 77.2 Å². The second-order valence-electron chi connectivity index (χ2n) is 7.31. The number of nitrogens with one attached hydrogen (secondary N) is 1. The molecule has 1 rings (SSSR count). The molecule has 0 aromatic rings. The average Bonchev–Trinajstić information content (AvgIpc) is 2.66. The minimum absolute atomic E-state index is 0.0659. The lowest BCUT2D eigenvalue weighted by Crippen LogP contribution is -2.57. The molecule has 5 atom stereocenters. The molecule has 1 heterocycles. The molecule has 2 N–H and O–H groups in total. The number of alkyl halides is 3. The molecule has 0 saturated carbocycles. The van der Waals surface area contributed by atoms with E-state index >= 15 is 0 Å². The number of carbonyl (C=O) groups is 3. The van der Waals surface area contributed by atoms with Crippen LogP contribution in [0.1, 0.15) is 46.5 Å². The van der Waals surface area contributed by atoms with Crippen LogP contribution in [0.15, 0.2) is 0 Å². The zero-order chi connectivity index (χ0) is 23.6. The van der Waals surface area contributed by atoms with E-state index in [2.05, 4.69) is 0 Å². The fourth-order valence-electron chi connectivity index (χ4n) is 3.00. The zero-order valence-electron chi connectivity index (χ0n) is 17.8. The Balaban J connectivity index is 2.39. The third kappa shape index (κ3) is 9.83. The minimum atomic E-state index is -4.88. The fourth-order valence-corrected chi connectivity index (χ4v) is 3.00. The summed E-state index contributed by atoms with van der Waals surface area (Å²) in [7, 11) is 0. The summed E-state index contributed by atoms with van der Waals surface area (Å²) in [4.78, 5) is 33.1. The van der Waals surface area contributed by atoms with Crippen LogP contribution in [0.25, 0.3) is 0 Å². The second kappa shape index (κ2) is 12.8. The van der Waals surface area contributed by atoms with Gasteiger partial charge in [-0.2, -0.15) is 13.2 Å². The quantitative estimate of drug-likeness (QED) is 0.353. The lowest BCUT2D eigenvalue weighted by Gasteiger charge is -2.42. The van der Waals surface area contributed by atoms with Crippen molar-refractivity contribution in [2.75, 3.05) is 19.8 Å². The summed E-state index contributed by atoms with van der Waals surface area (Å²) in [5, 5.41) is 12.3. The predicted octanol–water partition coefficient (Wildman–Crippen LogP) is 1.46. The molecule has 1 aliphatic heterocycles. The molecule has 9 nitrogen and oxygen atoms in total.